The number of aliphatic carboxylic acids is 1. The van der Waals surface area contributed by atoms with Gasteiger partial charge in [-0.2, -0.15) is 0 Å². The highest BCUT2D eigenvalue weighted by molar-refractivity contribution is 5.73. The lowest BCUT2D eigenvalue weighted by molar-refractivity contribution is -0.147. The fourth-order valence-corrected chi connectivity index (χ4v) is 1.94. The van der Waals surface area contributed by atoms with Gasteiger partial charge < -0.3 is 9.84 Å². The summed E-state index contributed by atoms with van der Waals surface area (Å²) in [6.45, 7) is 8.44. The zero-order chi connectivity index (χ0) is 15.2. The molecule has 0 amide bonds. The van der Waals surface area contributed by atoms with Gasteiger partial charge >= 0.3 is 5.97 Å². The van der Waals surface area contributed by atoms with Crippen LogP contribution in [0.2, 0.25) is 0 Å². The Balaban J connectivity index is 2.38. The molecular formula is C17H26O3. The molecule has 0 aliphatic carbocycles. The van der Waals surface area contributed by atoms with Crippen molar-refractivity contribution < 1.29 is 14.6 Å². The maximum atomic E-state index is 11.0. The number of ether oxygens (including phenoxy) is 1. The summed E-state index contributed by atoms with van der Waals surface area (Å²) in [7, 11) is 0. The van der Waals surface area contributed by atoms with E-state index in [9.17, 15) is 4.79 Å². The van der Waals surface area contributed by atoms with Crippen LogP contribution in [0, 0.1) is 5.41 Å². The summed E-state index contributed by atoms with van der Waals surface area (Å²) in [5.74, 6) is 0.668. The van der Waals surface area contributed by atoms with Crippen molar-refractivity contribution >= 4 is 5.97 Å². The molecule has 3 heteroatoms. The molecule has 3 nitrogen and oxygen atoms in total. The Kier molecular flexibility index (Phi) is 6.05. The van der Waals surface area contributed by atoms with Gasteiger partial charge in [-0.3, -0.25) is 4.79 Å². The lowest BCUT2D eigenvalue weighted by Gasteiger charge is -2.18. The van der Waals surface area contributed by atoms with Gasteiger partial charge in [0.15, 0.2) is 0 Å². The summed E-state index contributed by atoms with van der Waals surface area (Å²) in [6, 6.07) is 8.18. The molecule has 0 saturated heterocycles. The Labute approximate surface area is 122 Å². The van der Waals surface area contributed by atoms with Gasteiger partial charge in [0.2, 0.25) is 0 Å². The summed E-state index contributed by atoms with van der Waals surface area (Å²) >= 11 is 0. The maximum Gasteiger partial charge on any atom is 0.309 e. The second kappa shape index (κ2) is 7.32. The Morgan fingerprint density at radius 1 is 1.30 bits per heavy atom. The number of carboxylic acids is 1. The van der Waals surface area contributed by atoms with Crippen LogP contribution in [0.1, 0.15) is 58.4 Å². The molecule has 0 heterocycles. The Morgan fingerprint density at radius 3 is 2.40 bits per heavy atom. The first-order chi connectivity index (χ1) is 9.36. The standard InChI is InChI=1S/C17H26O3/c1-5-13(2)14-7-9-15(10-8-14)20-12-6-11-17(3,4)16(18)19/h7-10,13H,5-6,11-12H2,1-4H3,(H,18,19). The summed E-state index contributed by atoms with van der Waals surface area (Å²) in [5, 5.41) is 9.02. The molecule has 112 valence electrons. The van der Waals surface area contributed by atoms with Gasteiger partial charge in [0.1, 0.15) is 5.75 Å². The smallest absolute Gasteiger partial charge is 0.309 e. The molecule has 1 atom stereocenters. The van der Waals surface area contributed by atoms with Crippen molar-refractivity contribution in [2.75, 3.05) is 6.61 Å². The fraction of sp³-hybridized carbons (Fsp3) is 0.588. The summed E-state index contributed by atoms with van der Waals surface area (Å²) in [4.78, 5) is 11.0. The first-order valence-corrected chi connectivity index (χ1v) is 7.33. The van der Waals surface area contributed by atoms with Gasteiger partial charge in [-0.25, -0.2) is 0 Å². The van der Waals surface area contributed by atoms with Crippen LogP contribution >= 0.6 is 0 Å². The van der Waals surface area contributed by atoms with Crippen LogP contribution in [0.4, 0.5) is 0 Å². The summed E-state index contributed by atoms with van der Waals surface area (Å²) < 4.78 is 5.66. The van der Waals surface area contributed by atoms with E-state index in [1.165, 1.54) is 5.56 Å². The predicted octanol–water partition coefficient (Wildman–Crippen LogP) is 4.47. The van der Waals surface area contributed by atoms with Crippen LogP contribution in [0.5, 0.6) is 5.75 Å². The lowest BCUT2D eigenvalue weighted by atomic mass is 9.88. The van der Waals surface area contributed by atoms with E-state index in [0.717, 1.165) is 18.6 Å². The van der Waals surface area contributed by atoms with Crippen molar-refractivity contribution in [3.8, 4) is 5.75 Å². The molecule has 0 aliphatic heterocycles. The average Bonchev–Trinajstić information content (AvgIpc) is 2.43. The van der Waals surface area contributed by atoms with E-state index < -0.39 is 11.4 Å². The molecule has 0 radical (unpaired) electrons. The monoisotopic (exact) mass is 278 g/mol. The molecule has 0 bridgehead atoms. The Bertz CT molecular complexity index is 420. The van der Waals surface area contributed by atoms with Crippen LogP contribution in [-0.4, -0.2) is 17.7 Å². The largest absolute Gasteiger partial charge is 0.494 e. The highest BCUT2D eigenvalue weighted by Gasteiger charge is 2.26. The number of carbonyl (C=O) groups is 1. The molecule has 0 fully saturated rings. The minimum Gasteiger partial charge on any atom is -0.494 e. The van der Waals surface area contributed by atoms with Gasteiger partial charge in [-0.15, -0.1) is 0 Å². The fourth-order valence-electron chi connectivity index (χ4n) is 1.94. The number of rotatable bonds is 8. The third-order valence-corrected chi connectivity index (χ3v) is 3.86. The number of hydrogen-bond acceptors (Lipinski definition) is 2. The normalized spacial score (nSPS) is 13.0. The van der Waals surface area contributed by atoms with Gasteiger partial charge in [0.25, 0.3) is 0 Å². The van der Waals surface area contributed by atoms with Crippen LogP contribution in [0.3, 0.4) is 0 Å². The third kappa shape index (κ3) is 4.87. The highest BCUT2D eigenvalue weighted by atomic mass is 16.5. The van der Waals surface area contributed by atoms with E-state index in [4.69, 9.17) is 9.84 Å². The predicted molar refractivity (Wildman–Crippen MR) is 81.3 cm³/mol. The van der Waals surface area contributed by atoms with Crippen LogP contribution in [0.15, 0.2) is 24.3 Å². The zero-order valence-corrected chi connectivity index (χ0v) is 13.0. The van der Waals surface area contributed by atoms with Crippen LogP contribution < -0.4 is 4.74 Å². The number of hydrogen-bond donors (Lipinski definition) is 1. The summed E-state index contributed by atoms with van der Waals surface area (Å²) in [6.07, 6.45) is 2.49. The van der Waals surface area contributed by atoms with Crippen molar-refractivity contribution in [3.63, 3.8) is 0 Å². The molecule has 0 saturated carbocycles. The van der Waals surface area contributed by atoms with E-state index >= 15 is 0 Å². The van der Waals surface area contributed by atoms with E-state index in [2.05, 4.69) is 26.0 Å². The topological polar surface area (TPSA) is 46.5 Å². The van der Waals surface area contributed by atoms with Gasteiger partial charge in [0, 0.05) is 0 Å². The highest BCUT2D eigenvalue weighted by Crippen LogP contribution is 2.24. The number of benzene rings is 1. The van der Waals surface area contributed by atoms with E-state index in [-0.39, 0.29) is 0 Å². The maximum absolute atomic E-state index is 11.0. The minimum absolute atomic E-state index is 0.555. The first kappa shape index (κ1) is 16.5. The lowest BCUT2D eigenvalue weighted by Crippen LogP contribution is -2.24. The zero-order valence-electron chi connectivity index (χ0n) is 13.0. The molecular weight excluding hydrogens is 252 g/mol. The molecule has 20 heavy (non-hydrogen) atoms. The SMILES string of the molecule is CCC(C)c1ccc(OCCCC(C)(C)C(=O)O)cc1. The quantitative estimate of drug-likeness (QED) is 0.714. The van der Waals surface area contributed by atoms with Crippen molar-refractivity contribution in [1.29, 1.82) is 0 Å². The van der Waals surface area contributed by atoms with E-state index in [1.54, 1.807) is 13.8 Å². The minimum atomic E-state index is -0.754. The van der Waals surface area contributed by atoms with Crippen molar-refractivity contribution in [2.45, 2.75) is 52.9 Å². The van der Waals surface area contributed by atoms with Gasteiger partial charge in [-0.1, -0.05) is 26.0 Å². The van der Waals surface area contributed by atoms with Crippen LogP contribution in [0.25, 0.3) is 0 Å². The molecule has 1 aromatic carbocycles. The first-order valence-electron chi connectivity index (χ1n) is 7.33. The molecule has 1 rings (SSSR count). The Hall–Kier alpha value is -1.51. The van der Waals surface area contributed by atoms with Gasteiger partial charge in [-0.05, 0) is 56.7 Å². The van der Waals surface area contributed by atoms with Crippen molar-refractivity contribution in [1.82, 2.24) is 0 Å². The molecule has 0 spiro atoms. The summed E-state index contributed by atoms with van der Waals surface area (Å²) in [5.41, 5.74) is 0.649. The second-order valence-corrected chi connectivity index (χ2v) is 6.02. The molecule has 0 aliphatic rings. The van der Waals surface area contributed by atoms with Crippen molar-refractivity contribution in [3.05, 3.63) is 29.8 Å². The molecule has 0 aromatic heterocycles. The second-order valence-electron chi connectivity index (χ2n) is 6.02. The van der Waals surface area contributed by atoms with Crippen molar-refractivity contribution in [2.24, 2.45) is 5.41 Å². The third-order valence-electron chi connectivity index (χ3n) is 3.86. The van der Waals surface area contributed by atoms with E-state index in [1.807, 2.05) is 12.1 Å². The molecule has 1 unspecified atom stereocenters. The molecule has 1 N–H and O–H groups in total. The van der Waals surface area contributed by atoms with Crippen LogP contribution in [-0.2, 0) is 4.79 Å². The van der Waals surface area contributed by atoms with Gasteiger partial charge in [0.05, 0.1) is 12.0 Å². The Morgan fingerprint density at radius 2 is 1.90 bits per heavy atom. The van der Waals surface area contributed by atoms with E-state index in [0.29, 0.717) is 18.9 Å². The number of carboxylic acid groups (broad SMARTS) is 1. The average molecular weight is 278 g/mol. The molecule has 1 aromatic rings.